The number of ketones is 2. The zero-order chi connectivity index (χ0) is 42.2. The van der Waals surface area contributed by atoms with E-state index in [2.05, 4.69) is 43.3 Å². The van der Waals surface area contributed by atoms with Gasteiger partial charge in [-0.2, -0.15) is 0 Å². The summed E-state index contributed by atoms with van der Waals surface area (Å²) in [6.45, 7) is 0. The second-order valence-electron chi connectivity index (χ2n) is 14.5. The quantitative estimate of drug-likeness (QED) is 0.180. The maximum absolute atomic E-state index is 11.9. The van der Waals surface area contributed by atoms with Crippen LogP contribution in [0.15, 0.2) is 127 Å². The molecule has 3 aliphatic carbocycles. The SMILES string of the molecule is II.O=C1CCC(c2ccc(Cl)c(Cl)c2)c2ccccc21.O=C1CC[C@@H](c2ccc(Cl)c(Cl)c2)c2ccccc21.OC1CC[C@H](c2ccc(Cl)c(Cl)c2)c2ccccc21.[V]. The molecule has 0 heterocycles. The molecule has 6 aromatic carbocycles. The van der Waals surface area contributed by atoms with Gasteiger partial charge in [-0.05, 0) is 101 Å². The number of aliphatic hydroxyl groups is 1. The van der Waals surface area contributed by atoms with Crippen LogP contribution in [0.2, 0.25) is 30.1 Å². The van der Waals surface area contributed by atoms with Gasteiger partial charge in [0.2, 0.25) is 0 Å². The average Bonchev–Trinajstić information content (AvgIpc) is 3.26. The molecule has 6 aromatic rings. The van der Waals surface area contributed by atoms with Gasteiger partial charge >= 0.3 is 0 Å². The first kappa shape index (κ1) is 49.4. The Morgan fingerprint density at radius 1 is 0.417 bits per heavy atom. The van der Waals surface area contributed by atoms with Crippen molar-refractivity contribution in [2.24, 2.45) is 0 Å². The van der Waals surface area contributed by atoms with Crippen LogP contribution in [-0.4, -0.2) is 16.7 Å². The third-order valence-corrected chi connectivity index (χ3v) is 13.3. The van der Waals surface area contributed by atoms with E-state index in [-0.39, 0.29) is 54.0 Å². The molecule has 1 radical (unpaired) electrons. The normalized spacial score (nSPS) is 18.6. The molecule has 0 aliphatic heterocycles. The Labute approximate surface area is 417 Å². The van der Waals surface area contributed by atoms with Gasteiger partial charge < -0.3 is 5.11 Å². The Balaban J connectivity index is 0.000000166. The Morgan fingerprint density at radius 2 is 0.750 bits per heavy atom. The van der Waals surface area contributed by atoms with Crippen LogP contribution < -0.4 is 0 Å². The average molecular weight is 1180 g/mol. The van der Waals surface area contributed by atoms with E-state index < -0.39 is 0 Å². The number of carbonyl (C=O) groups is 2. The van der Waals surface area contributed by atoms with Gasteiger partial charge in [0, 0.05) is 97.5 Å². The molecule has 309 valence electrons. The monoisotopic (exact) mass is 1180 g/mol. The molecule has 60 heavy (non-hydrogen) atoms. The van der Waals surface area contributed by atoms with Gasteiger partial charge in [0.25, 0.3) is 0 Å². The summed E-state index contributed by atoms with van der Waals surface area (Å²) in [6.07, 6.45) is 4.18. The molecule has 0 spiro atoms. The summed E-state index contributed by atoms with van der Waals surface area (Å²) < 4.78 is 0. The topological polar surface area (TPSA) is 54.4 Å². The van der Waals surface area contributed by atoms with E-state index >= 15 is 0 Å². The second kappa shape index (κ2) is 23.4. The van der Waals surface area contributed by atoms with Crippen molar-refractivity contribution < 1.29 is 33.3 Å². The van der Waals surface area contributed by atoms with Crippen molar-refractivity contribution in [3.8, 4) is 0 Å². The van der Waals surface area contributed by atoms with Crippen LogP contribution in [0, 0.1) is 0 Å². The first-order chi connectivity index (χ1) is 28.5. The number of fused-ring (bicyclic) bond motifs is 3. The van der Waals surface area contributed by atoms with Crippen LogP contribution in [0.25, 0.3) is 0 Å². The van der Waals surface area contributed by atoms with E-state index in [0.29, 0.717) is 43.0 Å². The number of Topliss-reactive ketones (excluding diaryl/α,β-unsaturated/α-hetero) is 2. The fourth-order valence-corrected chi connectivity index (χ4v) is 9.15. The second-order valence-corrected chi connectivity index (χ2v) is 16.9. The number of carbonyl (C=O) groups excluding carboxylic acids is 2. The van der Waals surface area contributed by atoms with E-state index in [1.54, 1.807) is 0 Å². The van der Waals surface area contributed by atoms with E-state index in [4.69, 9.17) is 69.6 Å². The summed E-state index contributed by atoms with van der Waals surface area (Å²) in [7, 11) is 0. The molecule has 0 amide bonds. The van der Waals surface area contributed by atoms with E-state index in [9.17, 15) is 14.7 Å². The molecule has 0 saturated carbocycles. The summed E-state index contributed by atoms with van der Waals surface area (Å²) in [4.78, 5) is 23.9. The molecule has 2 unspecified atom stereocenters. The molecule has 0 fully saturated rings. The standard InChI is InChI=1S/C16H14Cl2O.2C16H12Cl2O.I2.V/c3*17-14-7-5-10(9-15(14)18)11-6-8-16(19)13-4-2-1-3-12(11)13;1-2;/h1-5,7,9,11,16,19H,6,8H2;2*1-5,7,9,11H,6,8H2;;/t11-,16?;11-;;;/m10.../s1. The van der Waals surface area contributed by atoms with Crippen molar-refractivity contribution in [1.29, 1.82) is 0 Å². The number of hydrogen-bond acceptors (Lipinski definition) is 3. The van der Waals surface area contributed by atoms with Crippen LogP contribution in [0.1, 0.15) is 122 Å². The van der Waals surface area contributed by atoms with Crippen LogP contribution in [0.4, 0.5) is 0 Å². The molecular weight excluding hydrogens is 1140 g/mol. The first-order valence-corrected chi connectivity index (χ1v) is 27.6. The van der Waals surface area contributed by atoms with Crippen LogP contribution in [0.3, 0.4) is 0 Å². The third-order valence-electron chi connectivity index (χ3n) is 11.1. The number of aliphatic hydroxyl groups excluding tert-OH is 1. The predicted octanol–water partition coefficient (Wildman–Crippen LogP) is 16.9. The molecule has 0 bridgehead atoms. The van der Waals surface area contributed by atoms with E-state index in [1.165, 1.54) is 5.56 Å². The summed E-state index contributed by atoms with van der Waals surface area (Å²) in [6, 6.07) is 40.9. The third kappa shape index (κ3) is 11.7. The zero-order valence-corrected chi connectivity index (χ0v) is 42.2. The van der Waals surface area contributed by atoms with Crippen molar-refractivity contribution in [2.75, 3.05) is 0 Å². The van der Waals surface area contributed by atoms with Gasteiger partial charge in [0.15, 0.2) is 11.6 Å². The predicted molar refractivity (Wildman–Crippen MR) is 264 cm³/mol. The number of rotatable bonds is 3. The molecule has 12 heteroatoms. The minimum atomic E-state index is -0.352. The fraction of sp³-hybridized carbons (Fsp3) is 0.208. The Hall–Kier alpha value is -1.60. The van der Waals surface area contributed by atoms with Crippen molar-refractivity contribution in [3.63, 3.8) is 0 Å². The van der Waals surface area contributed by atoms with Crippen molar-refractivity contribution in [3.05, 3.63) is 208 Å². The van der Waals surface area contributed by atoms with Gasteiger partial charge in [-0.25, -0.2) is 0 Å². The smallest absolute Gasteiger partial charge is 0.163 e. The van der Waals surface area contributed by atoms with Crippen molar-refractivity contribution in [2.45, 2.75) is 62.4 Å². The molecule has 9 rings (SSSR count). The molecule has 4 atom stereocenters. The van der Waals surface area contributed by atoms with Crippen LogP contribution in [0.5, 0.6) is 0 Å². The summed E-state index contributed by atoms with van der Waals surface area (Å²) in [5.74, 6) is 1.19. The van der Waals surface area contributed by atoms with Gasteiger partial charge in [-0.3, -0.25) is 9.59 Å². The molecule has 3 aliphatic rings. The minimum absolute atomic E-state index is 0. The minimum Gasteiger partial charge on any atom is -0.388 e. The van der Waals surface area contributed by atoms with E-state index in [1.807, 2.05) is 121 Å². The van der Waals surface area contributed by atoms with Gasteiger partial charge in [-0.1, -0.05) is 161 Å². The Morgan fingerprint density at radius 3 is 1.13 bits per heavy atom. The maximum Gasteiger partial charge on any atom is 0.163 e. The maximum atomic E-state index is 11.9. The summed E-state index contributed by atoms with van der Waals surface area (Å²) in [5.41, 5.74) is 9.49. The Bertz CT molecular complexity index is 2350. The molecule has 3 nitrogen and oxygen atoms in total. The van der Waals surface area contributed by atoms with Crippen molar-refractivity contribution in [1.82, 2.24) is 0 Å². The zero-order valence-electron chi connectivity index (χ0n) is 31.9. The molecular formula is C48H38Cl6I2O3V. The first-order valence-electron chi connectivity index (χ1n) is 19.0. The molecule has 0 aromatic heterocycles. The summed E-state index contributed by atoms with van der Waals surface area (Å²) >= 11 is 40.4. The Kier molecular flexibility index (Phi) is 19.2. The fourth-order valence-electron chi connectivity index (χ4n) is 8.23. The molecule has 1 N–H and O–H groups in total. The largest absolute Gasteiger partial charge is 0.388 e. The number of hydrogen-bond donors (Lipinski definition) is 1. The molecule has 0 saturated heterocycles. The van der Waals surface area contributed by atoms with Gasteiger partial charge in [0.05, 0.1) is 36.2 Å². The van der Waals surface area contributed by atoms with Crippen LogP contribution in [-0.2, 0) is 18.6 Å². The van der Waals surface area contributed by atoms with Crippen LogP contribution >= 0.6 is 107 Å². The summed E-state index contributed by atoms with van der Waals surface area (Å²) in [5, 5.41) is 13.5. The van der Waals surface area contributed by atoms with Gasteiger partial charge in [-0.15, -0.1) is 0 Å². The number of benzene rings is 6. The van der Waals surface area contributed by atoms with Gasteiger partial charge in [0.1, 0.15) is 0 Å². The van der Waals surface area contributed by atoms with E-state index in [0.717, 1.165) is 70.2 Å². The number of halogens is 8. The van der Waals surface area contributed by atoms with Crippen molar-refractivity contribution >= 4 is 118 Å².